The maximum Gasteiger partial charge on any atom is 0.0124 e. The van der Waals surface area contributed by atoms with Crippen LogP contribution >= 0.6 is 0 Å². The van der Waals surface area contributed by atoms with Gasteiger partial charge in [0, 0.05) is 6.04 Å². The molecular formula is C10H19N. The quantitative estimate of drug-likeness (QED) is 0.609. The molecule has 2 fully saturated rings. The van der Waals surface area contributed by atoms with Crippen LogP contribution in [0.3, 0.4) is 0 Å². The highest BCUT2D eigenvalue weighted by atomic mass is 15.0. The maximum atomic E-state index is 3.66. The first kappa shape index (κ1) is 7.60. The van der Waals surface area contributed by atoms with E-state index in [1.165, 1.54) is 38.6 Å². The molecule has 0 aromatic heterocycles. The lowest BCUT2D eigenvalue weighted by Gasteiger charge is -2.32. The molecule has 0 aromatic rings. The number of nitrogens with one attached hydrogen (secondary N) is 1. The van der Waals surface area contributed by atoms with E-state index in [2.05, 4.69) is 12.2 Å². The standard InChI is InChI=1S/C10H19N/c1-2-8-4-3-5-9-6-7-11-10(8)9/h8-11H,2-7H2,1H3. The molecule has 0 bridgehead atoms. The Labute approximate surface area is 69.6 Å². The Hall–Kier alpha value is -0.0400. The Balaban J connectivity index is 2.00. The topological polar surface area (TPSA) is 12.0 Å². The van der Waals surface area contributed by atoms with E-state index in [0.717, 1.165) is 17.9 Å². The van der Waals surface area contributed by atoms with Crippen LogP contribution in [0, 0.1) is 11.8 Å². The lowest BCUT2D eigenvalue weighted by atomic mass is 9.77. The van der Waals surface area contributed by atoms with Crippen LogP contribution in [-0.2, 0) is 0 Å². The molecule has 1 saturated heterocycles. The fourth-order valence-electron chi connectivity index (χ4n) is 2.94. The Bertz CT molecular complexity index is 133. The van der Waals surface area contributed by atoms with Gasteiger partial charge in [0.05, 0.1) is 0 Å². The van der Waals surface area contributed by atoms with E-state index in [1.807, 2.05) is 0 Å². The number of hydrogen-bond donors (Lipinski definition) is 1. The smallest absolute Gasteiger partial charge is 0.0124 e. The third kappa shape index (κ3) is 1.31. The van der Waals surface area contributed by atoms with Gasteiger partial charge in [-0.3, -0.25) is 0 Å². The van der Waals surface area contributed by atoms with Crippen LogP contribution in [0.15, 0.2) is 0 Å². The summed E-state index contributed by atoms with van der Waals surface area (Å²) >= 11 is 0. The molecule has 64 valence electrons. The lowest BCUT2D eigenvalue weighted by Crippen LogP contribution is -2.37. The van der Waals surface area contributed by atoms with Gasteiger partial charge in [0.15, 0.2) is 0 Å². The third-order valence-electron chi connectivity index (χ3n) is 3.59. The number of fused-ring (bicyclic) bond motifs is 1. The minimum absolute atomic E-state index is 0.897. The van der Waals surface area contributed by atoms with Crippen LogP contribution in [0.4, 0.5) is 0 Å². The third-order valence-corrected chi connectivity index (χ3v) is 3.59. The molecule has 1 heterocycles. The highest BCUT2D eigenvalue weighted by Gasteiger charge is 2.34. The second-order valence-electron chi connectivity index (χ2n) is 4.13. The summed E-state index contributed by atoms with van der Waals surface area (Å²) in [6, 6.07) is 0.897. The summed E-state index contributed by atoms with van der Waals surface area (Å²) < 4.78 is 0. The molecular weight excluding hydrogens is 134 g/mol. The summed E-state index contributed by atoms with van der Waals surface area (Å²) in [7, 11) is 0. The Morgan fingerprint density at radius 3 is 3.00 bits per heavy atom. The molecule has 3 unspecified atom stereocenters. The minimum Gasteiger partial charge on any atom is -0.313 e. The van der Waals surface area contributed by atoms with Gasteiger partial charge < -0.3 is 5.32 Å². The summed E-state index contributed by atoms with van der Waals surface area (Å²) in [5, 5.41) is 3.66. The average molecular weight is 153 g/mol. The Kier molecular flexibility index (Phi) is 2.17. The van der Waals surface area contributed by atoms with Gasteiger partial charge in [0.2, 0.25) is 0 Å². The molecule has 0 radical (unpaired) electrons. The zero-order chi connectivity index (χ0) is 7.68. The van der Waals surface area contributed by atoms with Crippen molar-refractivity contribution in [1.29, 1.82) is 0 Å². The van der Waals surface area contributed by atoms with Gasteiger partial charge in [0.25, 0.3) is 0 Å². The van der Waals surface area contributed by atoms with Crippen LogP contribution < -0.4 is 5.32 Å². The summed E-state index contributed by atoms with van der Waals surface area (Å²) in [6.45, 7) is 3.62. The molecule has 3 atom stereocenters. The van der Waals surface area contributed by atoms with E-state index in [1.54, 1.807) is 0 Å². The molecule has 1 aliphatic carbocycles. The molecule has 1 nitrogen and oxygen atoms in total. The predicted molar refractivity (Wildman–Crippen MR) is 47.5 cm³/mol. The summed E-state index contributed by atoms with van der Waals surface area (Å²) in [5.74, 6) is 2.03. The molecule has 0 amide bonds. The summed E-state index contributed by atoms with van der Waals surface area (Å²) in [5.41, 5.74) is 0. The first-order valence-electron chi connectivity index (χ1n) is 5.15. The van der Waals surface area contributed by atoms with Crippen molar-refractivity contribution in [3.05, 3.63) is 0 Å². The van der Waals surface area contributed by atoms with E-state index < -0.39 is 0 Å². The Morgan fingerprint density at radius 2 is 2.18 bits per heavy atom. The minimum atomic E-state index is 0.897. The van der Waals surface area contributed by atoms with Crippen molar-refractivity contribution in [3.8, 4) is 0 Å². The van der Waals surface area contributed by atoms with Gasteiger partial charge in [-0.05, 0) is 37.6 Å². The van der Waals surface area contributed by atoms with E-state index >= 15 is 0 Å². The van der Waals surface area contributed by atoms with Crippen molar-refractivity contribution >= 4 is 0 Å². The summed E-state index contributed by atoms with van der Waals surface area (Å²) in [6.07, 6.45) is 7.29. The predicted octanol–water partition coefficient (Wildman–Crippen LogP) is 2.17. The van der Waals surface area contributed by atoms with Gasteiger partial charge in [0.1, 0.15) is 0 Å². The second-order valence-corrected chi connectivity index (χ2v) is 4.13. The first-order valence-corrected chi connectivity index (χ1v) is 5.15. The molecule has 1 saturated carbocycles. The zero-order valence-corrected chi connectivity index (χ0v) is 7.47. The molecule has 11 heavy (non-hydrogen) atoms. The van der Waals surface area contributed by atoms with Crippen LogP contribution in [-0.4, -0.2) is 12.6 Å². The van der Waals surface area contributed by atoms with Crippen LogP contribution in [0.2, 0.25) is 0 Å². The molecule has 2 rings (SSSR count). The number of rotatable bonds is 1. The largest absolute Gasteiger partial charge is 0.313 e. The normalized spacial score (nSPS) is 43.9. The molecule has 0 aromatic carbocycles. The van der Waals surface area contributed by atoms with Gasteiger partial charge in [-0.25, -0.2) is 0 Å². The highest BCUT2D eigenvalue weighted by Crippen LogP contribution is 2.35. The van der Waals surface area contributed by atoms with E-state index in [9.17, 15) is 0 Å². The van der Waals surface area contributed by atoms with Crippen molar-refractivity contribution in [2.45, 2.75) is 45.1 Å². The van der Waals surface area contributed by atoms with Crippen molar-refractivity contribution in [2.24, 2.45) is 11.8 Å². The van der Waals surface area contributed by atoms with Crippen LogP contribution in [0.5, 0.6) is 0 Å². The fourth-order valence-corrected chi connectivity index (χ4v) is 2.94. The Morgan fingerprint density at radius 1 is 1.27 bits per heavy atom. The van der Waals surface area contributed by atoms with E-state index in [-0.39, 0.29) is 0 Å². The van der Waals surface area contributed by atoms with Gasteiger partial charge in [-0.1, -0.05) is 19.8 Å². The van der Waals surface area contributed by atoms with Crippen LogP contribution in [0.25, 0.3) is 0 Å². The van der Waals surface area contributed by atoms with Crippen molar-refractivity contribution in [1.82, 2.24) is 5.32 Å². The van der Waals surface area contributed by atoms with Gasteiger partial charge in [-0.2, -0.15) is 0 Å². The molecule has 1 N–H and O–H groups in total. The second kappa shape index (κ2) is 3.14. The first-order chi connectivity index (χ1) is 5.42. The van der Waals surface area contributed by atoms with Crippen molar-refractivity contribution in [3.63, 3.8) is 0 Å². The molecule has 0 spiro atoms. The SMILES string of the molecule is CCC1CCCC2CCNC12. The van der Waals surface area contributed by atoms with E-state index in [4.69, 9.17) is 0 Å². The highest BCUT2D eigenvalue weighted by molar-refractivity contribution is 4.91. The summed E-state index contributed by atoms with van der Waals surface area (Å²) in [4.78, 5) is 0. The lowest BCUT2D eigenvalue weighted by molar-refractivity contribution is 0.224. The zero-order valence-electron chi connectivity index (χ0n) is 7.47. The molecule has 1 aliphatic heterocycles. The average Bonchev–Trinajstić information content (AvgIpc) is 2.50. The maximum absolute atomic E-state index is 3.66. The monoisotopic (exact) mass is 153 g/mol. The van der Waals surface area contributed by atoms with Gasteiger partial charge >= 0.3 is 0 Å². The number of hydrogen-bond acceptors (Lipinski definition) is 1. The van der Waals surface area contributed by atoms with Gasteiger partial charge in [-0.15, -0.1) is 0 Å². The van der Waals surface area contributed by atoms with E-state index in [0.29, 0.717) is 0 Å². The fraction of sp³-hybridized carbons (Fsp3) is 1.00. The van der Waals surface area contributed by atoms with Crippen molar-refractivity contribution in [2.75, 3.05) is 6.54 Å². The van der Waals surface area contributed by atoms with Crippen molar-refractivity contribution < 1.29 is 0 Å². The molecule has 1 heteroatoms. The molecule has 2 aliphatic rings. The van der Waals surface area contributed by atoms with Crippen LogP contribution in [0.1, 0.15) is 39.0 Å².